The molecule has 4 fully saturated rings. The Morgan fingerprint density at radius 2 is 1.77 bits per heavy atom. The lowest BCUT2D eigenvalue weighted by atomic mass is 9.44. The molecule has 2 N–H and O–H groups in total. The molecule has 3 heteroatoms. The van der Waals surface area contributed by atoms with Crippen LogP contribution in [0, 0.1) is 52.3 Å². The molecule has 0 bridgehead atoms. The summed E-state index contributed by atoms with van der Waals surface area (Å²) in [7, 11) is 0. The maximum absolute atomic E-state index is 4.18. The summed E-state index contributed by atoms with van der Waals surface area (Å²) < 4.78 is 0. The van der Waals surface area contributed by atoms with Crippen molar-refractivity contribution in [3.63, 3.8) is 0 Å². The second-order valence-corrected chi connectivity index (χ2v) is 14.4. The van der Waals surface area contributed by atoms with E-state index in [4.69, 9.17) is 0 Å². The van der Waals surface area contributed by atoms with Gasteiger partial charge in [0.25, 0.3) is 0 Å². The Balaban J connectivity index is 1.22. The van der Waals surface area contributed by atoms with Gasteiger partial charge in [-0.2, -0.15) is 0 Å². The molecule has 4 saturated carbocycles. The number of nitrogens with zero attached hydrogens (tertiary/aromatic N) is 1. The molecule has 1 aromatic heterocycles. The minimum absolute atomic E-state index is 0.565. The van der Waals surface area contributed by atoms with Crippen LogP contribution in [-0.4, -0.2) is 22.6 Å². The normalized spacial score (nSPS) is 41.9. The Bertz CT molecular complexity index is 802. The van der Waals surface area contributed by atoms with E-state index in [1.165, 1.54) is 82.7 Å². The molecular formula is C32H55N3. The Morgan fingerprint density at radius 1 is 0.971 bits per heavy atom. The zero-order valence-corrected chi connectivity index (χ0v) is 23.6. The van der Waals surface area contributed by atoms with Crippen molar-refractivity contribution in [3.8, 4) is 0 Å². The summed E-state index contributed by atoms with van der Waals surface area (Å²) in [6.07, 6.45) is 22.6. The standard InChI is InChI=1S/C32H55N3/c1-22(2)7-6-8-23(3)28-13-14-29-27-12-10-24-9-11-25(34-18-16-26-20-33-21-35-26)19-32(24,5)30(27)15-17-31(28,29)4/h20-25,27-30,34H,6-19H2,1-5H3,(H,33,35)/t23-,24?,25?,27+,28-,29+,30+,31-,32+/m1/s1. The van der Waals surface area contributed by atoms with Crippen LogP contribution < -0.4 is 5.32 Å². The number of rotatable bonds is 9. The third-order valence-corrected chi connectivity index (χ3v) is 12.2. The summed E-state index contributed by atoms with van der Waals surface area (Å²) in [6, 6.07) is 0.712. The van der Waals surface area contributed by atoms with Gasteiger partial charge in [-0.3, -0.25) is 0 Å². The van der Waals surface area contributed by atoms with Crippen molar-refractivity contribution in [2.45, 2.75) is 124 Å². The summed E-state index contributed by atoms with van der Waals surface area (Å²) in [5, 5.41) is 3.97. The highest BCUT2D eigenvalue weighted by atomic mass is 14.9. The van der Waals surface area contributed by atoms with Gasteiger partial charge >= 0.3 is 0 Å². The van der Waals surface area contributed by atoms with Crippen LogP contribution in [0.4, 0.5) is 0 Å². The first-order valence-corrected chi connectivity index (χ1v) is 15.5. The molecule has 1 aromatic rings. The first-order valence-electron chi connectivity index (χ1n) is 15.5. The number of fused-ring (bicyclic) bond motifs is 5. The topological polar surface area (TPSA) is 40.7 Å². The SMILES string of the molecule is CC(C)CCC[C@@H](C)[C@H]1CC[C@H]2[C@@H]3CCC4CCC(NCCc5cnc[nH]5)C[C@]4(C)[C@H]3CC[C@]12C. The van der Waals surface area contributed by atoms with Crippen LogP contribution in [-0.2, 0) is 6.42 Å². The van der Waals surface area contributed by atoms with Crippen molar-refractivity contribution in [1.29, 1.82) is 0 Å². The van der Waals surface area contributed by atoms with E-state index in [0.717, 1.165) is 54.4 Å². The largest absolute Gasteiger partial charge is 0.348 e. The molecule has 3 nitrogen and oxygen atoms in total. The fraction of sp³-hybridized carbons (Fsp3) is 0.906. The maximum atomic E-state index is 4.18. The summed E-state index contributed by atoms with van der Waals surface area (Å²) in [6.45, 7) is 14.0. The average molecular weight is 482 g/mol. The Labute approximate surface area is 216 Å². The van der Waals surface area contributed by atoms with Gasteiger partial charge in [0.15, 0.2) is 0 Å². The van der Waals surface area contributed by atoms with Crippen LogP contribution in [0.25, 0.3) is 0 Å². The van der Waals surface area contributed by atoms with E-state index in [1.807, 2.05) is 6.20 Å². The van der Waals surface area contributed by atoms with E-state index in [0.29, 0.717) is 16.9 Å². The summed E-state index contributed by atoms with van der Waals surface area (Å²) >= 11 is 0. The predicted octanol–water partition coefficient (Wildman–Crippen LogP) is 8.03. The first-order chi connectivity index (χ1) is 16.8. The molecule has 0 spiro atoms. The lowest BCUT2D eigenvalue weighted by Gasteiger charge is -2.61. The molecule has 0 saturated heterocycles. The number of aromatic nitrogens is 2. The van der Waals surface area contributed by atoms with Gasteiger partial charge in [0.2, 0.25) is 0 Å². The molecule has 5 rings (SSSR count). The van der Waals surface area contributed by atoms with E-state index in [9.17, 15) is 0 Å². The molecule has 0 radical (unpaired) electrons. The number of imidazole rings is 1. The van der Waals surface area contributed by atoms with E-state index in [-0.39, 0.29) is 0 Å². The summed E-state index contributed by atoms with van der Waals surface area (Å²) in [4.78, 5) is 7.45. The fourth-order valence-corrected chi connectivity index (χ4v) is 10.4. The van der Waals surface area contributed by atoms with E-state index < -0.39 is 0 Å². The average Bonchev–Trinajstić information content (AvgIpc) is 3.45. The van der Waals surface area contributed by atoms with Gasteiger partial charge in [0, 0.05) is 30.9 Å². The highest BCUT2D eigenvalue weighted by Crippen LogP contribution is 2.68. The summed E-state index contributed by atoms with van der Waals surface area (Å²) in [5.41, 5.74) is 2.45. The summed E-state index contributed by atoms with van der Waals surface area (Å²) in [5.74, 6) is 6.73. The van der Waals surface area contributed by atoms with Gasteiger partial charge in [0.05, 0.1) is 6.33 Å². The second kappa shape index (κ2) is 10.5. The Kier molecular flexibility index (Phi) is 7.74. The van der Waals surface area contributed by atoms with Gasteiger partial charge in [-0.05, 0) is 110 Å². The molecule has 0 amide bonds. The molecule has 9 atom stereocenters. The molecule has 4 aliphatic rings. The monoisotopic (exact) mass is 481 g/mol. The van der Waals surface area contributed by atoms with Crippen LogP contribution in [0.15, 0.2) is 12.5 Å². The van der Waals surface area contributed by atoms with Crippen LogP contribution in [0.1, 0.15) is 117 Å². The Morgan fingerprint density at radius 3 is 2.54 bits per heavy atom. The molecule has 35 heavy (non-hydrogen) atoms. The van der Waals surface area contributed by atoms with Gasteiger partial charge < -0.3 is 10.3 Å². The minimum atomic E-state index is 0.565. The van der Waals surface area contributed by atoms with Gasteiger partial charge in [-0.25, -0.2) is 4.98 Å². The predicted molar refractivity (Wildman–Crippen MR) is 147 cm³/mol. The molecule has 2 unspecified atom stereocenters. The van der Waals surface area contributed by atoms with Gasteiger partial charge in [-0.1, -0.05) is 53.9 Å². The van der Waals surface area contributed by atoms with Crippen molar-refractivity contribution in [2.24, 2.45) is 52.3 Å². The highest BCUT2D eigenvalue weighted by Gasteiger charge is 2.60. The number of hydrogen-bond acceptors (Lipinski definition) is 2. The fourth-order valence-electron chi connectivity index (χ4n) is 10.4. The van der Waals surface area contributed by atoms with Crippen molar-refractivity contribution in [1.82, 2.24) is 15.3 Å². The van der Waals surface area contributed by atoms with Gasteiger partial charge in [0.1, 0.15) is 0 Å². The molecule has 0 aromatic carbocycles. The van der Waals surface area contributed by atoms with Crippen LogP contribution >= 0.6 is 0 Å². The zero-order valence-electron chi connectivity index (χ0n) is 23.6. The van der Waals surface area contributed by atoms with E-state index in [1.54, 1.807) is 6.33 Å². The lowest BCUT2D eigenvalue weighted by Crippen LogP contribution is -2.56. The smallest absolute Gasteiger partial charge is 0.0921 e. The first kappa shape index (κ1) is 25.8. The van der Waals surface area contributed by atoms with Crippen molar-refractivity contribution >= 4 is 0 Å². The molecule has 198 valence electrons. The maximum Gasteiger partial charge on any atom is 0.0921 e. The highest BCUT2D eigenvalue weighted by molar-refractivity contribution is 5.10. The van der Waals surface area contributed by atoms with E-state index in [2.05, 4.69) is 49.9 Å². The minimum Gasteiger partial charge on any atom is -0.348 e. The number of H-pyrrole nitrogens is 1. The van der Waals surface area contributed by atoms with Crippen LogP contribution in [0.3, 0.4) is 0 Å². The molecule has 1 heterocycles. The molecular weight excluding hydrogens is 426 g/mol. The number of hydrogen-bond donors (Lipinski definition) is 2. The molecule has 0 aliphatic heterocycles. The third-order valence-electron chi connectivity index (χ3n) is 12.2. The van der Waals surface area contributed by atoms with Crippen LogP contribution in [0.2, 0.25) is 0 Å². The Hall–Kier alpha value is -0.830. The van der Waals surface area contributed by atoms with Gasteiger partial charge in [-0.15, -0.1) is 0 Å². The van der Waals surface area contributed by atoms with Crippen molar-refractivity contribution < 1.29 is 0 Å². The lowest BCUT2D eigenvalue weighted by molar-refractivity contribution is -0.118. The van der Waals surface area contributed by atoms with Crippen molar-refractivity contribution in [2.75, 3.05) is 6.54 Å². The third kappa shape index (κ3) is 5.01. The quantitative estimate of drug-likeness (QED) is 0.375. The second-order valence-electron chi connectivity index (χ2n) is 14.4. The van der Waals surface area contributed by atoms with E-state index >= 15 is 0 Å². The van der Waals surface area contributed by atoms with Crippen molar-refractivity contribution in [3.05, 3.63) is 18.2 Å². The zero-order chi connectivity index (χ0) is 24.6. The number of aromatic amines is 1. The van der Waals surface area contributed by atoms with Crippen LogP contribution in [0.5, 0.6) is 0 Å². The number of nitrogens with one attached hydrogen (secondary N) is 2. The molecule has 4 aliphatic carbocycles.